The van der Waals surface area contributed by atoms with Crippen LogP contribution in [0.25, 0.3) is 0 Å². The fraction of sp³-hybridized carbons (Fsp3) is 0.312. The monoisotopic (exact) mass is 288 g/mol. The molecule has 0 unspecified atom stereocenters. The van der Waals surface area contributed by atoms with Crippen molar-refractivity contribution in [2.45, 2.75) is 25.8 Å². The Morgan fingerprint density at radius 1 is 1.20 bits per heavy atom. The number of hydrogen-bond acceptors (Lipinski definition) is 4. The van der Waals surface area contributed by atoms with Crippen LogP contribution in [0.3, 0.4) is 0 Å². The smallest absolute Gasteiger partial charge is 0.141 e. The molecule has 0 radical (unpaired) electrons. The molecule has 0 aliphatic heterocycles. The maximum atomic E-state index is 10.2. The van der Waals surface area contributed by atoms with E-state index in [9.17, 15) is 5.11 Å². The summed E-state index contributed by atoms with van der Waals surface area (Å²) in [5.74, 6) is 1.18. The molecule has 0 saturated carbocycles. The number of thioether (sulfide) groups is 1. The lowest BCUT2D eigenvalue weighted by Crippen LogP contribution is -2.14. The summed E-state index contributed by atoms with van der Waals surface area (Å²) in [5, 5.41) is 13.6. The quantitative estimate of drug-likeness (QED) is 0.856. The topological polar surface area (TPSA) is 45.2 Å². The van der Waals surface area contributed by atoms with Crippen LogP contribution in [0.5, 0.6) is 5.75 Å². The normalized spacial score (nSPS) is 10.7. The van der Waals surface area contributed by atoms with Crippen molar-refractivity contribution >= 4 is 11.8 Å². The molecule has 2 N–H and O–H groups in total. The number of hydrogen-bond donors (Lipinski definition) is 2. The number of pyridine rings is 1. The third-order valence-electron chi connectivity index (χ3n) is 3.20. The molecule has 106 valence electrons. The van der Waals surface area contributed by atoms with Gasteiger partial charge in [0.05, 0.1) is 5.69 Å². The van der Waals surface area contributed by atoms with Crippen molar-refractivity contribution < 1.29 is 5.11 Å². The summed E-state index contributed by atoms with van der Waals surface area (Å²) in [6.07, 6.45) is 3.92. The van der Waals surface area contributed by atoms with Gasteiger partial charge in [0.15, 0.2) is 0 Å². The number of nitrogens with zero attached hydrogens (tertiary/aromatic N) is 1. The van der Waals surface area contributed by atoms with Crippen LogP contribution in [0, 0.1) is 6.92 Å². The fourth-order valence-corrected chi connectivity index (χ4v) is 2.65. The van der Waals surface area contributed by atoms with Crippen LogP contribution in [0.4, 0.5) is 0 Å². The van der Waals surface area contributed by atoms with Crippen LogP contribution in [0.15, 0.2) is 36.5 Å². The minimum absolute atomic E-state index is 0.317. The van der Waals surface area contributed by atoms with Crippen LogP contribution in [-0.2, 0) is 18.8 Å². The van der Waals surface area contributed by atoms with Gasteiger partial charge in [-0.05, 0) is 24.3 Å². The van der Waals surface area contributed by atoms with Crippen molar-refractivity contribution in [2.75, 3.05) is 6.26 Å². The molecule has 1 aromatic carbocycles. The number of aromatic nitrogens is 1. The third-order valence-corrected chi connectivity index (χ3v) is 3.80. The van der Waals surface area contributed by atoms with Crippen LogP contribution in [0.2, 0.25) is 0 Å². The summed E-state index contributed by atoms with van der Waals surface area (Å²) in [6, 6.07) is 10.3. The summed E-state index contributed by atoms with van der Waals surface area (Å²) >= 11 is 1.73. The highest BCUT2D eigenvalue weighted by atomic mass is 32.2. The Hall–Kier alpha value is -1.52. The van der Waals surface area contributed by atoms with Crippen molar-refractivity contribution in [1.29, 1.82) is 0 Å². The fourth-order valence-electron chi connectivity index (χ4n) is 2.09. The Labute approximate surface area is 124 Å². The van der Waals surface area contributed by atoms with Crippen molar-refractivity contribution in [3.05, 3.63) is 58.9 Å². The number of nitrogens with one attached hydrogen (secondary N) is 1. The van der Waals surface area contributed by atoms with E-state index in [0.29, 0.717) is 18.0 Å². The van der Waals surface area contributed by atoms with Crippen LogP contribution < -0.4 is 5.32 Å². The zero-order valence-electron chi connectivity index (χ0n) is 11.9. The van der Waals surface area contributed by atoms with Gasteiger partial charge in [-0.3, -0.25) is 4.98 Å². The highest BCUT2D eigenvalue weighted by Crippen LogP contribution is 2.25. The van der Waals surface area contributed by atoms with Gasteiger partial charge in [0.25, 0.3) is 0 Å². The number of aromatic hydroxyl groups is 1. The first-order chi connectivity index (χ1) is 9.72. The van der Waals surface area contributed by atoms with Crippen molar-refractivity contribution in [3.63, 3.8) is 0 Å². The molecular weight excluding hydrogens is 268 g/mol. The average Bonchev–Trinajstić information content (AvgIpc) is 2.47. The molecule has 0 fully saturated rings. The first kappa shape index (κ1) is 14.9. The van der Waals surface area contributed by atoms with E-state index in [1.807, 2.05) is 31.3 Å². The molecule has 2 aromatic rings. The van der Waals surface area contributed by atoms with Crippen molar-refractivity contribution in [1.82, 2.24) is 10.3 Å². The van der Waals surface area contributed by atoms with E-state index in [1.54, 1.807) is 11.8 Å². The number of rotatable bonds is 6. The first-order valence-electron chi connectivity index (χ1n) is 6.62. The maximum Gasteiger partial charge on any atom is 0.141 e. The molecule has 0 atom stereocenters. The highest BCUT2D eigenvalue weighted by molar-refractivity contribution is 7.97. The third kappa shape index (κ3) is 3.74. The molecule has 20 heavy (non-hydrogen) atoms. The lowest BCUT2D eigenvalue weighted by molar-refractivity contribution is 0.455. The second kappa shape index (κ2) is 7.31. The molecule has 2 rings (SSSR count). The molecular formula is C16H20N2OS. The summed E-state index contributed by atoms with van der Waals surface area (Å²) in [7, 11) is 0. The predicted octanol–water partition coefficient (Wildman–Crippen LogP) is 3.25. The largest absolute Gasteiger partial charge is 0.506 e. The van der Waals surface area contributed by atoms with Crippen LogP contribution >= 0.6 is 11.8 Å². The SMILES string of the molecule is CSCc1cnc(C)c(O)c1CNCc1ccccc1. The minimum atomic E-state index is 0.317. The van der Waals surface area contributed by atoms with E-state index in [0.717, 1.165) is 23.4 Å². The Balaban J connectivity index is 2.06. The van der Waals surface area contributed by atoms with Crippen LogP contribution in [-0.4, -0.2) is 16.3 Å². The van der Waals surface area contributed by atoms with Gasteiger partial charge in [0.2, 0.25) is 0 Å². The molecule has 0 amide bonds. The van der Waals surface area contributed by atoms with Gasteiger partial charge >= 0.3 is 0 Å². The summed E-state index contributed by atoms with van der Waals surface area (Å²) in [4.78, 5) is 4.23. The Bertz CT molecular complexity index is 558. The number of aryl methyl sites for hydroxylation is 1. The van der Waals surface area contributed by atoms with Crippen molar-refractivity contribution in [3.8, 4) is 5.75 Å². The molecule has 0 bridgehead atoms. The van der Waals surface area contributed by atoms with Crippen LogP contribution in [0.1, 0.15) is 22.4 Å². The zero-order chi connectivity index (χ0) is 14.4. The zero-order valence-corrected chi connectivity index (χ0v) is 12.7. The van der Waals surface area contributed by atoms with E-state index in [-0.39, 0.29) is 0 Å². The Kier molecular flexibility index (Phi) is 5.44. The lowest BCUT2D eigenvalue weighted by atomic mass is 10.1. The Morgan fingerprint density at radius 2 is 1.95 bits per heavy atom. The van der Waals surface area contributed by atoms with E-state index >= 15 is 0 Å². The van der Waals surface area contributed by atoms with Gasteiger partial charge in [0, 0.05) is 30.6 Å². The molecule has 0 aliphatic rings. The molecule has 4 heteroatoms. The molecule has 0 saturated heterocycles. The van der Waals surface area contributed by atoms with E-state index in [1.165, 1.54) is 5.56 Å². The summed E-state index contributed by atoms with van der Waals surface area (Å²) in [5.41, 5.74) is 3.99. The average molecular weight is 288 g/mol. The van der Waals surface area contributed by atoms with Gasteiger partial charge in [0.1, 0.15) is 5.75 Å². The molecule has 3 nitrogen and oxygen atoms in total. The van der Waals surface area contributed by atoms with E-state index in [4.69, 9.17) is 0 Å². The van der Waals surface area contributed by atoms with Gasteiger partial charge in [-0.2, -0.15) is 11.8 Å². The molecule has 1 aromatic heterocycles. The van der Waals surface area contributed by atoms with E-state index in [2.05, 4.69) is 28.7 Å². The van der Waals surface area contributed by atoms with Gasteiger partial charge < -0.3 is 10.4 Å². The predicted molar refractivity (Wildman–Crippen MR) is 84.8 cm³/mol. The van der Waals surface area contributed by atoms with E-state index < -0.39 is 0 Å². The van der Waals surface area contributed by atoms with Gasteiger partial charge in [-0.25, -0.2) is 0 Å². The molecule has 0 aliphatic carbocycles. The minimum Gasteiger partial charge on any atom is -0.506 e. The standard InChI is InChI=1S/C16H20N2OS/c1-12-16(19)15(14(9-18-12)11-20-2)10-17-8-13-6-4-3-5-7-13/h3-7,9,17,19H,8,10-11H2,1-2H3. The molecule has 1 heterocycles. The number of benzene rings is 1. The first-order valence-corrected chi connectivity index (χ1v) is 8.01. The second-order valence-corrected chi connectivity index (χ2v) is 5.58. The summed E-state index contributed by atoms with van der Waals surface area (Å²) < 4.78 is 0. The Morgan fingerprint density at radius 3 is 2.65 bits per heavy atom. The molecule has 0 spiro atoms. The van der Waals surface area contributed by atoms with Crippen molar-refractivity contribution in [2.24, 2.45) is 0 Å². The van der Waals surface area contributed by atoms with Gasteiger partial charge in [-0.15, -0.1) is 0 Å². The highest BCUT2D eigenvalue weighted by Gasteiger charge is 2.11. The van der Waals surface area contributed by atoms with Gasteiger partial charge in [-0.1, -0.05) is 30.3 Å². The summed E-state index contributed by atoms with van der Waals surface area (Å²) in [6.45, 7) is 3.28. The lowest BCUT2D eigenvalue weighted by Gasteiger charge is -2.13. The maximum absolute atomic E-state index is 10.2. The second-order valence-electron chi connectivity index (χ2n) is 4.72.